The first kappa shape index (κ1) is 20.7. The summed E-state index contributed by atoms with van der Waals surface area (Å²) in [6.07, 6.45) is -2.57. The van der Waals surface area contributed by atoms with Gasteiger partial charge < -0.3 is 0 Å². The van der Waals surface area contributed by atoms with E-state index in [2.05, 4.69) is 5.10 Å². The monoisotopic (exact) mass is 426 g/mol. The van der Waals surface area contributed by atoms with Crippen LogP contribution in [0.15, 0.2) is 64.4 Å². The Morgan fingerprint density at radius 3 is 2.24 bits per heavy atom. The van der Waals surface area contributed by atoms with E-state index in [0.29, 0.717) is 5.56 Å². The molecule has 2 aromatic carbocycles. The molecule has 0 radical (unpaired) electrons. The fourth-order valence-corrected chi connectivity index (χ4v) is 3.43. The predicted molar refractivity (Wildman–Crippen MR) is 98.5 cm³/mol. The SMILES string of the molecule is CS(=O)(=O)c1ccc(-c2cnn(CC(F)(F)F)c(=O)c2-c2cccc(F)c2)cc1. The van der Waals surface area contributed by atoms with Crippen molar-refractivity contribution < 1.29 is 26.0 Å². The van der Waals surface area contributed by atoms with Gasteiger partial charge in [-0.1, -0.05) is 24.3 Å². The van der Waals surface area contributed by atoms with Crippen LogP contribution in [0.1, 0.15) is 0 Å². The maximum atomic E-state index is 13.7. The Morgan fingerprint density at radius 1 is 1.03 bits per heavy atom. The molecule has 0 N–H and O–H groups in total. The van der Waals surface area contributed by atoms with Gasteiger partial charge in [0, 0.05) is 11.8 Å². The van der Waals surface area contributed by atoms with E-state index in [1.807, 2.05) is 0 Å². The molecule has 0 bridgehead atoms. The molecule has 0 aliphatic carbocycles. The molecule has 0 unspecified atom stereocenters. The van der Waals surface area contributed by atoms with Crippen LogP contribution in [-0.4, -0.2) is 30.6 Å². The molecule has 1 aromatic heterocycles. The Labute approximate surface area is 163 Å². The van der Waals surface area contributed by atoms with Crippen molar-refractivity contribution in [2.24, 2.45) is 0 Å². The zero-order chi connectivity index (χ0) is 21.4. The summed E-state index contributed by atoms with van der Waals surface area (Å²) in [6.45, 7) is -1.60. The van der Waals surface area contributed by atoms with Gasteiger partial charge in [0.05, 0.1) is 16.7 Å². The third-order valence-corrected chi connectivity index (χ3v) is 5.21. The predicted octanol–water partition coefficient (Wildman–Crippen LogP) is 3.68. The van der Waals surface area contributed by atoms with Gasteiger partial charge in [0.15, 0.2) is 9.84 Å². The van der Waals surface area contributed by atoms with Gasteiger partial charge in [-0.25, -0.2) is 17.5 Å². The fraction of sp³-hybridized carbons (Fsp3) is 0.158. The third kappa shape index (κ3) is 4.70. The van der Waals surface area contributed by atoms with Crippen molar-refractivity contribution in [3.8, 4) is 22.3 Å². The van der Waals surface area contributed by atoms with Crippen LogP contribution < -0.4 is 5.56 Å². The van der Waals surface area contributed by atoms with Crippen molar-refractivity contribution in [2.45, 2.75) is 17.6 Å². The normalized spacial score (nSPS) is 12.2. The molecule has 0 aliphatic heterocycles. The lowest BCUT2D eigenvalue weighted by Crippen LogP contribution is -2.31. The molecule has 0 saturated heterocycles. The summed E-state index contributed by atoms with van der Waals surface area (Å²) in [5.74, 6) is -0.667. The summed E-state index contributed by atoms with van der Waals surface area (Å²) in [6, 6.07) is 10.3. The van der Waals surface area contributed by atoms with E-state index in [4.69, 9.17) is 0 Å². The van der Waals surface area contributed by atoms with E-state index < -0.39 is 33.9 Å². The zero-order valence-corrected chi connectivity index (χ0v) is 15.8. The summed E-state index contributed by atoms with van der Waals surface area (Å²) >= 11 is 0. The Morgan fingerprint density at radius 2 is 1.69 bits per heavy atom. The highest BCUT2D eigenvalue weighted by atomic mass is 32.2. The van der Waals surface area contributed by atoms with E-state index in [1.165, 1.54) is 36.4 Å². The molecular weight excluding hydrogens is 412 g/mol. The Kier molecular flexibility index (Phi) is 5.31. The van der Waals surface area contributed by atoms with Gasteiger partial charge in [-0.3, -0.25) is 4.79 Å². The fourth-order valence-electron chi connectivity index (χ4n) is 2.79. The molecule has 0 spiro atoms. The zero-order valence-electron chi connectivity index (χ0n) is 14.9. The van der Waals surface area contributed by atoms with Gasteiger partial charge in [-0.2, -0.15) is 18.3 Å². The van der Waals surface area contributed by atoms with Crippen molar-refractivity contribution in [2.75, 3.05) is 6.26 Å². The highest BCUT2D eigenvalue weighted by Crippen LogP contribution is 2.30. The average molecular weight is 426 g/mol. The summed E-state index contributed by atoms with van der Waals surface area (Å²) in [5, 5.41) is 3.59. The number of nitrogens with zero attached hydrogens (tertiary/aromatic N) is 2. The van der Waals surface area contributed by atoms with Crippen LogP contribution >= 0.6 is 0 Å². The summed E-state index contributed by atoms with van der Waals surface area (Å²) in [7, 11) is -3.46. The number of rotatable bonds is 4. The third-order valence-electron chi connectivity index (χ3n) is 4.08. The van der Waals surface area contributed by atoms with Gasteiger partial charge >= 0.3 is 6.18 Å². The molecule has 0 fully saturated rings. The first-order chi connectivity index (χ1) is 13.5. The smallest absolute Gasteiger partial charge is 0.267 e. The van der Waals surface area contributed by atoms with Gasteiger partial charge in [0.25, 0.3) is 5.56 Å². The molecule has 0 saturated carbocycles. The topological polar surface area (TPSA) is 69.0 Å². The molecule has 1 heterocycles. The second-order valence-electron chi connectivity index (χ2n) is 6.32. The molecule has 0 amide bonds. The first-order valence-electron chi connectivity index (χ1n) is 8.19. The van der Waals surface area contributed by atoms with Crippen LogP contribution in [0.25, 0.3) is 22.3 Å². The van der Waals surface area contributed by atoms with Crippen LogP contribution in [0.2, 0.25) is 0 Å². The standard InChI is InChI=1S/C19H14F4N2O3S/c1-29(27,28)15-7-5-12(6-8-15)16-10-24-25(11-19(21,22)23)18(26)17(16)13-3-2-4-14(20)9-13/h2-10H,11H2,1H3. The lowest BCUT2D eigenvalue weighted by molar-refractivity contribution is -0.143. The minimum atomic E-state index is -4.67. The summed E-state index contributed by atoms with van der Waals surface area (Å²) in [5.41, 5.74) is -0.636. The molecular formula is C19H14F4N2O3S. The van der Waals surface area contributed by atoms with Gasteiger partial charge in [-0.05, 0) is 35.4 Å². The van der Waals surface area contributed by atoms with Gasteiger partial charge in [-0.15, -0.1) is 0 Å². The van der Waals surface area contributed by atoms with E-state index >= 15 is 0 Å². The average Bonchev–Trinajstić information content (AvgIpc) is 2.61. The van der Waals surface area contributed by atoms with E-state index in [-0.39, 0.29) is 26.3 Å². The van der Waals surface area contributed by atoms with Gasteiger partial charge in [0.1, 0.15) is 12.4 Å². The number of alkyl halides is 3. The largest absolute Gasteiger partial charge is 0.408 e. The van der Waals surface area contributed by atoms with Crippen LogP contribution in [0.4, 0.5) is 17.6 Å². The lowest BCUT2D eigenvalue weighted by atomic mass is 9.97. The van der Waals surface area contributed by atoms with Crippen molar-refractivity contribution >= 4 is 9.84 Å². The molecule has 152 valence electrons. The molecule has 10 heteroatoms. The number of benzene rings is 2. The highest BCUT2D eigenvalue weighted by molar-refractivity contribution is 7.90. The maximum Gasteiger partial charge on any atom is 0.408 e. The van der Waals surface area contributed by atoms with Crippen molar-refractivity contribution in [3.63, 3.8) is 0 Å². The molecule has 29 heavy (non-hydrogen) atoms. The van der Waals surface area contributed by atoms with Crippen molar-refractivity contribution in [3.05, 3.63) is 70.9 Å². The summed E-state index contributed by atoms with van der Waals surface area (Å²) in [4.78, 5) is 12.8. The number of hydrogen-bond acceptors (Lipinski definition) is 4. The highest BCUT2D eigenvalue weighted by Gasteiger charge is 2.30. The number of aromatic nitrogens is 2. The molecule has 5 nitrogen and oxygen atoms in total. The van der Waals surface area contributed by atoms with E-state index in [0.717, 1.165) is 24.6 Å². The van der Waals surface area contributed by atoms with Crippen LogP contribution in [-0.2, 0) is 16.4 Å². The second-order valence-corrected chi connectivity index (χ2v) is 8.33. The summed E-state index contributed by atoms with van der Waals surface area (Å²) < 4.78 is 75.6. The molecule has 0 atom stereocenters. The minimum Gasteiger partial charge on any atom is -0.267 e. The van der Waals surface area contributed by atoms with Gasteiger partial charge in [0.2, 0.25) is 0 Å². The van der Waals surface area contributed by atoms with Crippen molar-refractivity contribution in [1.82, 2.24) is 9.78 Å². The van der Waals surface area contributed by atoms with Crippen LogP contribution in [0, 0.1) is 5.82 Å². The molecule has 3 rings (SSSR count). The minimum absolute atomic E-state index is 0.0342. The number of halogens is 4. The van der Waals surface area contributed by atoms with E-state index in [9.17, 15) is 30.8 Å². The van der Waals surface area contributed by atoms with E-state index in [1.54, 1.807) is 0 Å². The van der Waals surface area contributed by atoms with Crippen LogP contribution in [0.3, 0.4) is 0 Å². The quantitative estimate of drug-likeness (QED) is 0.597. The van der Waals surface area contributed by atoms with Crippen molar-refractivity contribution in [1.29, 1.82) is 0 Å². The maximum absolute atomic E-state index is 13.7. The first-order valence-corrected chi connectivity index (χ1v) is 10.1. The molecule has 0 aliphatic rings. The molecule has 3 aromatic rings. The second kappa shape index (κ2) is 7.43. The lowest BCUT2D eigenvalue weighted by Gasteiger charge is -2.14. The Balaban J connectivity index is 2.24. The Bertz CT molecular complexity index is 1220. The number of hydrogen-bond donors (Lipinski definition) is 0. The van der Waals surface area contributed by atoms with Crippen LogP contribution in [0.5, 0.6) is 0 Å². The Hall–Kier alpha value is -3.01. The number of sulfone groups is 1.